The first-order chi connectivity index (χ1) is 21.8. The summed E-state index contributed by atoms with van der Waals surface area (Å²) in [5.41, 5.74) is 1.50. The number of hydrogen-bond acceptors (Lipinski definition) is 9. The van der Waals surface area contributed by atoms with E-state index in [0.29, 0.717) is 84.3 Å². The standard InChI is InChI=1S/C21H32N2O2S2.C12H26N2O4/c1-5-19-10-12-20(13-11-19)27-26-18(4)25-16-7-6-14-22-21(24)23-15-8-9-17(2)3;1-12(2)14-4-6-17-8-10-18-9-7-16-5-3-13-11-15/h10-13,17-18H,5-7,14-16H2,1-4H3,(H2,22,23,24);11-12,14H,3-10H2,1-2H3,(H,13,15). The van der Waals surface area contributed by atoms with Crippen LogP contribution < -0.4 is 21.3 Å². The number of unbranched alkanes of at least 4 members (excludes halogenated alkanes) is 1. The summed E-state index contributed by atoms with van der Waals surface area (Å²) in [4.78, 5) is 22.7. The Labute approximate surface area is 280 Å². The molecule has 0 saturated heterocycles. The van der Waals surface area contributed by atoms with Crippen molar-refractivity contribution in [1.82, 2.24) is 21.3 Å². The maximum atomic E-state index is 11.6. The van der Waals surface area contributed by atoms with E-state index < -0.39 is 0 Å². The summed E-state index contributed by atoms with van der Waals surface area (Å²) < 4.78 is 21.7. The Morgan fingerprint density at radius 3 is 2.09 bits per heavy atom. The summed E-state index contributed by atoms with van der Waals surface area (Å²) in [6.45, 7) is 19.1. The van der Waals surface area contributed by atoms with Crippen LogP contribution in [-0.4, -0.2) is 96.3 Å². The van der Waals surface area contributed by atoms with Gasteiger partial charge in [0.1, 0.15) is 5.44 Å². The maximum Gasteiger partial charge on any atom is 0.315 e. The fourth-order valence-electron chi connectivity index (χ4n) is 3.20. The Morgan fingerprint density at radius 2 is 1.49 bits per heavy atom. The number of aryl methyl sites for hydroxylation is 1. The number of rotatable bonds is 25. The van der Waals surface area contributed by atoms with Crippen molar-refractivity contribution in [3.05, 3.63) is 29.8 Å². The molecule has 4 N–H and O–H groups in total. The summed E-state index contributed by atoms with van der Waals surface area (Å²) in [5, 5.41) is 11.3. The number of benzene rings is 1. The van der Waals surface area contributed by atoms with E-state index in [2.05, 4.69) is 85.1 Å². The molecule has 1 aromatic carbocycles. The van der Waals surface area contributed by atoms with Gasteiger partial charge in [-0.3, -0.25) is 4.79 Å². The highest BCUT2D eigenvalue weighted by atomic mass is 33.1. The molecule has 1 atom stereocenters. The highest BCUT2D eigenvalue weighted by Gasteiger charge is 2.05. The van der Waals surface area contributed by atoms with E-state index in [4.69, 9.17) is 18.9 Å². The zero-order chi connectivity index (χ0) is 33.4. The average molecular weight is 671 g/mol. The van der Waals surface area contributed by atoms with E-state index >= 15 is 0 Å². The highest BCUT2D eigenvalue weighted by Crippen LogP contribution is 2.34. The Bertz CT molecular complexity index is 897. The molecule has 10 nitrogen and oxygen atoms in total. The molecule has 0 heterocycles. The van der Waals surface area contributed by atoms with E-state index in [0.717, 1.165) is 25.8 Å². The van der Waals surface area contributed by atoms with Crippen molar-refractivity contribution in [2.24, 2.45) is 5.92 Å². The fourth-order valence-corrected chi connectivity index (χ4v) is 5.09. The topological polar surface area (TPSA) is 119 Å². The molecule has 0 radical (unpaired) electrons. The summed E-state index contributed by atoms with van der Waals surface area (Å²) in [6, 6.07) is 9.00. The van der Waals surface area contributed by atoms with Crippen LogP contribution in [0.15, 0.2) is 29.2 Å². The average Bonchev–Trinajstić information content (AvgIpc) is 3.02. The number of carbonyl (C=O) groups is 2. The van der Waals surface area contributed by atoms with Crippen LogP contribution in [0.1, 0.15) is 59.9 Å². The molecule has 12 heteroatoms. The molecule has 45 heavy (non-hydrogen) atoms. The van der Waals surface area contributed by atoms with Crippen LogP contribution in [0.25, 0.3) is 0 Å². The van der Waals surface area contributed by atoms with Crippen molar-refractivity contribution in [2.45, 2.75) is 77.2 Å². The largest absolute Gasteiger partial charge is 0.378 e. The quantitative estimate of drug-likeness (QED) is 0.0380. The van der Waals surface area contributed by atoms with E-state index in [1.165, 1.54) is 10.5 Å². The van der Waals surface area contributed by atoms with Crippen molar-refractivity contribution in [3.63, 3.8) is 0 Å². The van der Waals surface area contributed by atoms with Gasteiger partial charge in [-0.15, -0.1) is 0 Å². The molecule has 0 aliphatic heterocycles. The van der Waals surface area contributed by atoms with Crippen LogP contribution in [0.3, 0.4) is 0 Å². The summed E-state index contributed by atoms with van der Waals surface area (Å²) >= 11 is 0. The molecule has 258 valence electrons. The lowest BCUT2D eigenvalue weighted by atomic mass is 10.2. The second kappa shape index (κ2) is 32.0. The molecule has 0 bridgehead atoms. The minimum absolute atomic E-state index is 0.136. The van der Waals surface area contributed by atoms with Gasteiger partial charge in [-0.2, -0.15) is 0 Å². The van der Waals surface area contributed by atoms with E-state index in [9.17, 15) is 9.59 Å². The van der Waals surface area contributed by atoms with Crippen molar-refractivity contribution < 1.29 is 28.5 Å². The second-order valence-corrected chi connectivity index (χ2v) is 13.0. The lowest BCUT2D eigenvalue weighted by Crippen LogP contribution is -2.36. The molecule has 3 amide bonds. The highest BCUT2D eigenvalue weighted by molar-refractivity contribution is 8.76. The minimum atomic E-state index is -0.164. The van der Waals surface area contributed by atoms with Gasteiger partial charge in [-0.05, 0) is 43.9 Å². The summed E-state index contributed by atoms with van der Waals surface area (Å²) in [6.07, 6.45) is 3.55. The number of urea groups is 1. The van der Waals surface area contributed by atoms with Gasteiger partial charge in [0.15, 0.2) is 0 Å². The smallest absolute Gasteiger partial charge is 0.315 e. The Morgan fingerprint density at radius 1 is 0.844 bits per heavy atom. The van der Waals surface area contributed by atoms with Gasteiger partial charge in [-0.1, -0.05) is 80.2 Å². The minimum Gasteiger partial charge on any atom is -0.378 e. The van der Waals surface area contributed by atoms with E-state index in [1.54, 1.807) is 21.6 Å². The van der Waals surface area contributed by atoms with Crippen LogP contribution in [-0.2, 0) is 30.2 Å². The van der Waals surface area contributed by atoms with E-state index in [-0.39, 0.29) is 11.5 Å². The predicted octanol–water partition coefficient (Wildman–Crippen LogP) is 4.87. The number of carbonyl (C=O) groups excluding carboxylic acids is 2. The molecule has 0 spiro atoms. The van der Waals surface area contributed by atoms with Crippen LogP contribution in [0.4, 0.5) is 4.79 Å². The van der Waals surface area contributed by atoms with Crippen molar-refractivity contribution in [1.29, 1.82) is 0 Å². The first kappa shape index (κ1) is 43.0. The number of amides is 3. The first-order valence-corrected chi connectivity index (χ1v) is 18.2. The normalized spacial score (nSPS) is 11.3. The van der Waals surface area contributed by atoms with Crippen LogP contribution in [0, 0.1) is 17.8 Å². The van der Waals surface area contributed by atoms with Crippen LogP contribution in [0.2, 0.25) is 0 Å². The molecule has 0 aromatic heterocycles. The third-order valence-corrected chi connectivity index (χ3v) is 8.21. The molecule has 0 aliphatic carbocycles. The Balaban J connectivity index is 0.000000937. The van der Waals surface area contributed by atoms with Crippen molar-refractivity contribution in [2.75, 3.05) is 72.4 Å². The third-order valence-electron chi connectivity index (χ3n) is 5.57. The molecule has 0 saturated carbocycles. The van der Waals surface area contributed by atoms with Gasteiger partial charge in [0.2, 0.25) is 6.41 Å². The third kappa shape index (κ3) is 31.8. The predicted molar refractivity (Wildman–Crippen MR) is 188 cm³/mol. The monoisotopic (exact) mass is 670 g/mol. The van der Waals surface area contributed by atoms with Crippen LogP contribution in [0.5, 0.6) is 0 Å². The van der Waals surface area contributed by atoms with Crippen molar-refractivity contribution >= 4 is 34.0 Å². The first-order valence-electron chi connectivity index (χ1n) is 16.0. The number of nitrogens with one attached hydrogen (secondary N) is 4. The van der Waals surface area contributed by atoms with Gasteiger partial charge >= 0.3 is 6.03 Å². The van der Waals surface area contributed by atoms with Gasteiger partial charge in [0, 0.05) is 43.1 Å². The van der Waals surface area contributed by atoms with Crippen LogP contribution >= 0.6 is 21.6 Å². The molecule has 0 aliphatic rings. The Hall–Kier alpha value is -1.98. The molecule has 0 fully saturated rings. The van der Waals surface area contributed by atoms with E-state index in [1.807, 2.05) is 13.8 Å². The maximum absolute atomic E-state index is 11.6. The fraction of sp³-hybridized carbons (Fsp3) is 0.697. The lowest BCUT2D eigenvalue weighted by Gasteiger charge is -2.12. The molecular weight excluding hydrogens is 613 g/mol. The zero-order valence-electron chi connectivity index (χ0n) is 28.3. The van der Waals surface area contributed by atoms with Gasteiger partial charge in [0.25, 0.3) is 0 Å². The number of hydrogen-bond donors (Lipinski definition) is 4. The number of ether oxygens (including phenoxy) is 4. The van der Waals surface area contributed by atoms with Crippen molar-refractivity contribution in [3.8, 4) is 11.8 Å². The summed E-state index contributed by atoms with van der Waals surface area (Å²) in [7, 11) is 3.47. The molecule has 1 aromatic rings. The molecular formula is C33H58N4O6S2. The Kier molecular flexibility index (Phi) is 30.6. The molecule has 1 rings (SSSR count). The van der Waals surface area contributed by atoms with Gasteiger partial charge in [0.05, 0.1) is 46.2 Å². The SMILES string of the molecule is CC(C)NCCOCCOCCOCCNC=O.CCc1ccc(SSC(C)OCCCCNC(=O)NCC#CC(C)C)cc1. The lowest BCUT2D eigenvalue weighted by molar-refractivity contribution is -0.109. The summed E-state index contributed by atoms with van der Waals surface area (Å²) in [5.74, 6) is 6.26. The second-order valence-electron chi connectivity index (χ2n) is 10.4. The molecule has 1 unspecified atom stereocenters. The zero-order valence-corrected chi connectivity index (χ0v) is 29.9. The van der Waals surface area contributed by atoms with Gasteiger partial charge in [-0.25, -0.2) is 4.79 Å². The van der Waals surface area contributed by atoms with Gasteiger partial charge < -0.3 is 40.2 Å².